The molecule has 1 aliphatic heterocycles. The molecule has 126 valence electrons. The largest absolute Gasteiger partial charge is 0.444 e. The second-order valence-electron chi connectivity index (χ2n) is 7.29. The molecule has 0 aliphatic carbocycles. The van der Waals surface area contributed by atoms with Gasteiger partial charge in [-0.15, -0.1) is 0 Å². The second kappa shape index (κ2) is 6.60. The minimum absolute atomic E-state index is 0.216. The molecule has 0 unspecified atom stereocenters. The molecular formula is C20H24N2O2. The Labute approximate surface area is 143 Å². The van der Waals surface area contributed by atoms with E-state index in [0.717, 1.165) is 23.9 Å². The molecule has 1 aliphatic rings. The average molecular weight is 324 g/mol. The molecule has 1 aromatic heterocycles. The molecule has 0 bridgehead atoms. The third kappa shape index (κ3) is 4.11. The minimum Gasteiger partial charge on any atom is -0.444 e. The molecule has 1 amide bonds. The molecule has 4 heteroatoms. The Kier molecular flexibility index (Phi) is 4.53. The lowest BCUT2D eigenvalue weighted by Gasteiger charge is -2.31. The topological polar surface area (TPSA) is 45.3 Å². The first kappa shape index (κ1) is 16.4. The maximum Gasteiger partial charge on any atom is 0.410 e. The first-order valence-electron chi connectivity index (χ1n) is 8.47. The van der Waals surface area contributed by atoms with Crippen molar-refractivity contribution in [3.8, 4) is 11.8 Å². The maximum absolute atomic E-state index is 12.1. The van der Waals surface area contributed by atoms with Crippen molar-refractivity contribution in [3.63, 3.8) is 0 Å². The van der Waals surface area contributed by atoms with Gasteiger partial charge in [0.05, 0.1) is 0 Å². The van der Waals surface area contributed by atoms with Crippen molar-refractivity contribution in [1.82, 2.24) is 9.88 Å². The molecule has 1 fully saturated rings. The van der Waals surface area contributed by atoms with Gasteiger partial charge in [0, 0.05) is 41.7 Å². The number of aromatic nitrogens is 1. The zero-order valence-corrected chi connectivity index (χ0v) is 14.6. The van der Waals surface area contributed by atoms with Crippen LogP contribution in [0.2, 0.25) is 0 Å². The average Bonchev–Trinajstić information content (AvgIpc) is 2.99. The van der Waals surface area contributed by atoms with Crippen LogP contribution in [-0.4, -0.2) is 34.7 Å². The van der Waals surface area contributed by atoms with Gasteiger partial charge < -0.3 is 14.6 Å². The van der Waals surface area contributed by atoms with Gasteiger partial charge in [0.25, 0.3) is 0 Å². The molecule has 1 N–H and O–H groups in total. The number of carbonyl (C=O) groups is 1. The highest BCUT2D eigenvalue weighted by molar-refractivity contribution is 5.80. The number of benzene rings is 1. The van der Waals surface area contributed by atoms with Crippen LogP contribution in [0.5, 0.6) is 0 Å². The zero-order valence-electron chi connectivity index (χ0n) is 14.6. The van der Waals surface area contributed by atoms with Gasteiger partial charge in [-0.05, 0) is 57.9 Å². The van der Waals surface area contributed by atoms with Crippen molar-refractivity contribution in [2.24, 2.45) is 5.92 Å². The van der Waals surface area contributed by atoms with Crippen LogP contribution >= 0.6 is 0 Å². The Hall–Kier alpha value is -2.41. The lowest BCUT2D eigenvalue weighted by Crippen LogP contribution is -2.41. The van der Waals surface area contributed by atoms with Gasteiger partial charge in [0.15, 0.2) is 0 Å². The van der Waals surface area contributed by atoms with Gasteiger partial charge in [-0.1, -0.05) is 11.8 Å². The number of nitrogens with zero attached hydrogens (tertiary/aromatic N) is 1. The fourth-order valence-corrected chi connectivity index (χ4v) is 2.85. The number of hydrogen-bond acceptors (Lipinski definition) is 2. The number of hydrogen-bond donors (Lipinski definition) is 1. The fourth-order valence-electron chi connectivity index (χ4n) is 2.85. The SMILES string of the molecule is CC(C)(C)OC(=O)N1CCC(C#Cc2ccc3[nH]ccc3c2)CC1. The summed E-state index contributed by atoms with van der Waals surface area (Å²) in [6.07, 6.45) is 3.53. The van der Waals surface area contributed by atoms with Crippen LogP contribution in [0.3, 0.4) is 0 Å². The number of aromatic amines is 1. The molecule has 24 heavy (non-hydrogen) atoms. The van der Waals surface area contributed by atoms with Crippen molar-refractivity contribution in [2.75, 3.05) is 13.1 Å². The standard InChI is InChI=1S/C20H24N2O2/c1-20(2,3)24-19(23)22-12-9-15(10-13-22)4-5-16-6-7-18-17(14-16)8-11-21-18/h6-8,11,14-15,21H,9-10,12-13H2,1-3H3. The normalized spacial score (nSPS) is 15.9. The number of piperidine rings is 1. The van der Waals surface area contributed by atoms with E-state index in [1.165, 1.54) is 5.39 Å². The number of rotatable bonds is 0. The number of H-pyrrole nitrogens is 1. The van der Waals surface area contributed by atoms with Crippen LogP contribution in [0.15, 0.2) is 30.5 Å². The summed E-state index contributed by atoms with van der Waals surface area (Å²) in [5.74, 6) is 6.98. The summed E-state index contributed by atoms with van der Waals surface area (Å²) in [4.78, 5) is 17.0. The monoisotopic (exact) mass is 324 g/mol. The van der Waals surface area contributed by atoms with Crippen LogP contribution in [0.4, 0.5) is 4.79 Å². The van der Waals surface area contributed by atoms with E-state index in [4.69, 9.17) is 4.74 Å². The van der Waals surface area contributed by atoms with E-state index >= 15 is 0 Å². The molecule has 0 saturated carbocycles. The molecule has 1 aromatic carbocycles. The van der Waals surface area contributed by atoms with Gasteiger partial charge in [-0.2, -0.15) is 0 Å². The van der Waals surface area contributed by atoms with E-state index in [2.05, 4.69) is 35.0 Å². The smallest absolute Gasteiger partial charge is 0.410 e. The first-order valence-corrected chi connectivity index (χ1v) is 8.47. The van der Waals surface area contributed by atoms with Crippen molar-refractivity contribution in [3.05, 3.63) is 36.0 Å². The van der Waals surface area contributed by atoms with Crippen molar-refractivity contribution in [2.45, 2.75) is 39.2 Å². The molecule has 0 radical (unpaired) electrons. The van der Waals surface area contributed by atoms with E-state index in [9.17, 15) is 4.79 Å². The Morgan fingerprint density at radius 3 is 2.71 bits per heavy atom. The molecule has 0 atom stereocenters. The Balaban J connectivity index is 1.57. The Morgan fingerprint density at radius 1 is 1.25 bits per heavy atom. The number of likely N-dealkylation sites (tertiary alicyclic amines) is 1. The van der Waals surface area contributed by atoms with Gasteiger partial charge in [-0.3, -0.25) is 0 Å². The summed E-state index contributed by atoms with van der Waals surface area (Å²) in [6, 6.07) is 8.26. The third-order valence-electron chi connectivity index (χ3n) is 4.12. The highest BCUT2D eigenvalue weighted by Crippen LogP contribution is 2.20. The predicted molar refractivity (Wildman–Crippen MR) is 95.7 cm³/mol. The van der Waals surface area contributed by atoms with Gasteiger partial charge in [-0.25, -0.2) is 4.79 Å². The third-order valence-corrected chi connectivity index (χ3v) is 4.12. The van der Waals surface area contributed by atoms with Crippen molar-refractivity contribution in [1.29, 1.82) is 0 Å². The number of amides is 1. The molecule has 2 aromatic rings. The second-order valence-corrected chi connectivity index (χ2v) is 7.29. The van der Waals surface area contributed by atoms with Crippen LogP contribution in [0, 0.1) is 17.8 Å². The number of nitrogens with one attached hydrogen (secondary N) is 1. The van der Waals surface area contributed by atoms with Crippen LogP contribution in [-0.2, 0) is 4.74 Å². The number of fused-ring (bicyclic) bond motifs is 1. The van der Waals surface area contributed by atoms with E-state index in [1.54, 1.807) is 4.90 Å². The molecule has 4 nitrogen and oxygen atoms in total. The highest BCUT2D eigenvalue weighted by atomic mass is 16.6. The highest BCUT2D eigenvalue weighted by Gasteiger charge is 2.26. The molecule has 3 rings (SSSR count). The van der Waals surface area contributed by atoms with Gasteiger partial charge in [0.2, 0.25) is 0 Å². The number of ether oxygens (including phenoxy) is 1. The summed E-state index contributed by atoms with van der Waals surface area (Å²) in [5.41, 5.74) is 1.73. The summed E-state index contributed by atoms with van der Waals surface area (Å²) in [7, 11) is 0. The first-order chi connectivity index (χ1) is 11.4. The molecule has 2 heterocycles. The van der Waals surface area contributed by atoms with Crippen molar-refractivity contribution < 1.29 is 9.53 Å². The van der Waals surface area contributed by atoms with E-state index in [-0.39, 0.29) is 6.09 Å². The summed E-state index contributed by atoms with van der Waals surface area (Å²) >= 11 is 0. The lowest BCUT2D eigenvalue weighted by molar-refractivity contribution is 0.0199. The van der Waals surface area contributed by atoms with E-state index < -0.39 is 5.60 Å². The quantitative estimate of drug-likeness (QED) is 0.739. The zero-order chi connectivity index (χ0) is 17.2. The van der Waals surface area contributed by atoms with Gasteiger partial charge in [0.1, 0.15) is 5.60 Å². The predicted octanol–water partition coefficient (Wildman–Crippen LogP) is 4.17. The maximum atomic E-state index is 12.1. The summed E-state index contributed by atoms with van der Waals surface area (Å²) in [6.45, 7) is 7.11. The van der Waals surface area contributed by atoms with E-state index in [0.29, 0.717) is 19.0 Å². The Morgan fingerprint density at radius 2 is 2.00 bits per heavy atom. The van der Waals surface area contributed by atoms with E-state index in [1.807, 2.05) is 33.0 Å². The number of carbonyl (C=O) groups excluding carboxylic acids is 1. The summed E-state index contributed by atoms with van der Waals surface area (Å²) < 4.78 is 5.42. The minimum atomic E-state index is -0.440. The molecule has 0 spiro atoms. The van der Waals surface area contributed by atoms with Crippen LogP contribution < -0.4 is 0 Å². The molecular weight excluding hydrogens is 300 g/mol. The fraction of sp³-hybridized carbons (Fsp3) is 0.450. The summed E-state index contributed by atoms with van der Waals surface area (Å²) in [5, 5.41) is 1.18. The Bertz CT molecular complexity index is 781. The van der Waals surface area contributed by atoms with Gasteiger partial charge >= 0.3 is 6.09 Å². The molecule has 1 saturated heterocycles. The van der Waals surface area contributed by atoms with Crippen LogP contribution in [0.25, 0.3) is 10.9 Å². The van der Waals surface area contributed by atoms with Crippen LogP contribution in [0.1, 0.15) is 39.2 Å². The lowest BCUT2D eigenvalue weighted by atomic mass is 9.97. The van der Waals surface area contributed by atoms with Crippen molar-refractivity contribution >= 4 is 17.0 Å².